The van der Waals surface area contributed by atoms with Gasteiger partial charge in [-0.25, -0.2) is 0 Å². The van der Waals surface area contributed by atoms with Crippen LogP contribution < -0.4 is 5.32 Å². The first kappa shape index (κ1) is 22.6. The number of benzene rings is 3. The smallest absolute Gasteiger partial charge is 0.283 e. The Hall–Kier alpha value is -3.55. The van der Waals surface area contributed by atoms with Crippen LogP contribution in [0.4, 0.5) is 5.69 Å². The van der Waals surface area contributed by atoms with Gasteiger partial charge in [-0.1, -0.05) is 47.6 Å². The van der Waals surface area contributed by atoms with Gasteiger partial charge in [0.25, 0.3) is 5.69 Å². The minimum absolute atomic E-state index is 0.0168. The molecule has 3 aromatic carbocycles. The van der Waals surface area contributed by atoms with Crippen LogP contribution in [-0.4, -0.2) is 22.4 Å². The lowest BCUT2D eigenvalue weighted by Gasteiger charge is -2.05. The summed E-state index contributed by atoms with van der Waals surface area (Å²) < 4.78 is 0. The lowest BCUT2D eigenvalue weighted by Crippen LogP contribution is -2.23. The topological polar surface area (TPSA) is 88.0 Å². The van der Waals surface area contributed by atoms with Gasteiger partial charge in [0.1, 0.15) is 0 Å². The minimum Gasteiger partial charge on any atom is -0.361 e. The van der Waals surface area contributed by atoms with Crippen molar-refractivity contribution in [3.8, 4) is 0 Å². The molecule has 1 amide bonds. The second-order valence-corrected chi connectivity index (χ2v) is 8.83. The van der Waals surface area contributed by atoms with Crippen molar-refractivity contribution in [3.05, 3.63) is 105 Å². The molecule has 4 rings (SSSR count). The van der Waals surface area contributed by atoms with E-state index in [1.54, 1.807) is 30.3 Å². The molecular formula is C25H20ClN3O3S. The van der Waals surface area contributed by atoms with Crippen molar-refractivity contribution >= 4 is 51.9 Å². The van der Waals surface area contributed by atoms with Crippen molar-refractivity contribution in [2.75, 3.05) is 6.54 Å². The molecule has 0 saturated carbocycles. The molecule has 1 heterocycles. The van der Waals surface area contributed by atoms with Gasteiger partial charge in [-0.3, -0.25) is 14.9 Å². The van der Waals surface area contributed by atoms with Crippen LogP contribution in [0.2, 0.25) is 5.02 Å². The molecule has 0 unspecified atom stereocenters. The van der Waals surface area contributed by atoms with E-state index in [0.717, 1.165) is 21.4 Å². The first-order chi connectivity index (χ1) is 16.0. The average Bonchev–Trinajstić information content (AvgIpc) is 3.23. The summed E-state index contributed by atoms with van der Waals surface area (Å²) >= 11 is 7.19. The number of rotatable bonds is 8. The summed E-state index contributed by atoms with van der Waals surface area (Å²) in [6.45, 7) is 0.488. The molecule has 2 N–H and O–H groups in total. The minimum atomic E-state index is -0.420. The normalized spacial score (nSPS) is 11.2. The van der Waals surface area contributed by atoms with Gasteiger partial charge in [-0.15, -0.1) is 0 Å². The molecule has 0 aliphatic rings. The highest BCUT2D eigenvalue weighted by atomic mass is 35.5. The van der Waals surface area contributed by atoms with Crippen LogP contribution in [0.1, 0.15) is 11.1 Å². The zero-order valence-corrected chi connectivity index (χ0v) is 19.0. The van der Waals surface area contributed by atoms with E-state index in [1.165, 1.54) is 23.9 Å². The fourth-order valence-corrected chi connectivity index (χ4v) is 4.41. The molecular weight excluding hydrogens is 458 g/mol. The van der Waals surface area contributed by atoms with E-state index in [0.29, 0.717) is 28.4 Å². The van der Waals surface area contributed by atoms with Crippen molar-refractivity contribution in [2.45, 2.75) is 16.2 Å². The van der Waals surface area contributed by atoms with Crippen LogP contribution in [0.15, 0.2) is 88.8 Å². The number of nitrogens with one attached hydrogen (secondary N) is 2. The summed E-state index contributed by atoms with van der Waals surface area (Å²) in [5, 5.41) is 16.2. The number of fused-ring (bicyclic) bond motifs is 1. The van der Waals surface area contributed by atoms with Gasteiger partial charge in [0.15, 0.2) is 0 Å². The number of H-pyrrole nitrogens is 1. The zero-order valence-electron chi connectivity index (χ0n) is 17.5. The van der Waals surface area contributed by atoms with Crippen molar-refractivity contribution < 1.29 is 9.72 Å². The molecule has 0 atom stereocenters. The van der Waals surface area contributed by atoms with E-state index in [4.69, 9.17) is 11.6 Å². The number of halogens is 1. The summed E-state index contributed by atoms with van der Waals surface area (Å²) in [5.74, 6) is -0.253. The zero-order chi connectivity index (χ0) is 23.2. The highest BCUT2D eigenvalue weighted by Crippen LogP contribution is 2.36. The Kier molecular flexibility index (Phi) is 7.12. The Morgan fingerprint density at radius 3 is 2.70 bits per heavy atom. The Labute approximate surface area is 199 Å². The van der Waals surface area contributed by atoms with Gasteiger partial charge in [-0.05, 0) is 60.0 Å². The molecule has 0 radical (unpaired) electrons. The average molecular weight is 478 g/mol. The van der Waals surface area contributed by atoms with E-state index in [2.05, 4.69) is 10.3 Å². The molecule has 4 aromatic rings. The molecule has 33 heavy (non-hydrogen) atoms. The number of carbonyl (C=O) groups excluding carboxylic acids is 1. The lowest BCUT2D eigenvalue weighted by atomic mass is 10.1. The fourth-order valence-electron chi connectivity index (χ4n) is 3.39. The van der Waals surface area contributed by atoms with Gasteiger partial charge in [0, 0.05) is 45.7 Å². The molecule has 0 spiro atoms. The largest absolute Gasteiger partial charge is 0.361 e. The maximum absolute atomic E-state index is 12.2. The third kappa shape index (κ3) is 5.83. The van der Waals surface area contributed by atoms with Crippen molar-refractivity contribution in [1.29, 1.82) is 0 Å². The third-order valence-corrected chi connectivity index (χ3v) is 6.34. The summed E-state index contributed by atoms with van der Waals surface area (Å²) in [4.78, 5) is 27.9. The number of aromatic amines is 1. The molecule has 1 aromatic heterocycles. The number of amides is 1. The number of carbonyl (C=O) groups is 1. The standard InChI is InChI=1S/C25H20ClN3O3S/c26-19-7-9-20(10-8-19)33-24-11-5-17(15-23(24)29(31)32)6-12-25(30)27-14-13-18-16-28-22-4-2-1-3-21(18)22/h1-12,15-16,28H,13-14H2,(H,27,30). The highest BCUT2D eigenvalue weighted by Gasteiger charge is 2.15. The number of aromatic nitrogens is 1. The number of nitrogens with zero attached hydrogens (tertiary/aromatic N) is 1. The Bertz CT molecular complexity index is 1330. The van der Waals surface area contributed by atoms with Gasteiger partial charge >= 0.3 is 0 Å². The quantitative estimate of drug-likeness (QED) is 0.178. The molecule has 8 heteroatoms. The maximum atomic E-state index is 12.2. The first-order valence-corrected chi connectivity index (χ1v) is 11.4. The Morgan fingerprint density at radius 1 is 1.12 bits per heavy atom. The predicted molar refractivity (Wildman–Crippen MR) is 133 cm³/mol. The maximum Gasteiger partial charge on any atom is 0.283 e. The summed E-state index contributed by atoms with van der Waals surface area (Å²) in [5.41, 5.74) is 2.77. The number of hydrogen-bond acceptors (Lipinski definition) is 4. The van der Waals surface area contributed by atoms with Gasteiger partial charge < -0.3 is 10.3 Å². The predicted octanol–water partition coefficient (Wildman–Crippen LogP) is 6.25. The Morgan fingerprint density at radius 2 is 1.91 bits per heavy atom. The van der Waals surface area contributed by atoms with Crippen LogP contribution in [0.5, 0.6) is 0 Å². The Balaban J connectivity index is 1.37. The molecule has 0 fully saturated rings. The van der Waals surface area contributed by atoms with Crippen LogP contribution in [0.3, 0.4) is 0 Å². The van der Waals surface area contributed by atoms with Gasteiger partial charge in [-0.2, -0.15) is 0 Å². The van der Waals surface area contributed by atoms with Crippen molar-refractivity contribution in [2.24, 2.45) is 0 Å². The van der Waals surface area contributed by atoms with Crippen molar-refractivity contribution in [3.63, 3.8) is 0 Å². The summed E-state index contributed by atoms with van der Waals surface area (Å²) in [7, 11) is 0. The highest BCUT2D eigenvalue weighted by molar-refractivity contribution is 7.99. The molecule has 166 valence electrons. The summed E-state index contributed by atoms with van der Waals surface area (Å²) in [6, 6.07) is 20.0. The third-order valence-electron chi connectivity index (χ3n) is 5.02. The first-order valence-electron chi connectivity index (χ1n) is 10.2. The monoisotopic (exact) mass is 477 g/mol. The van der Waals surface area contributed by atoms with Crippen LogP contribution in [-0.2, 0) is 11.2 Å². The number of nitro benzene ring substituents is 1. The molecule has 0 aliphatic carbocycles. The number of para-hydroxylation sites is 1. The molecule has 6 nitrogen and oxygen atoms in total. The molecule has 0 aliphatic heterocycles. The number of nitro groups is 1. The van der Waals surface area contributed by atoms with Crippen LogP contribution >= 0.6 is 23.4 Å². The van der Waals surface area contributed by atoms with E-state index >= 15 is 0 Å². The molecule has 0 bridgehead atoms. The lowest BCUT2D eigenvalue weighted by molar-refractivity contribution is -0.387. The van der Waals surface area contributed by atoms with Crippen molar-refractivity contribution in [1.82, 2.24) is 10.3 Å². The van der Waals surface area contributed by atoms with Crippen LogP contribution in [0.25, 0.3) is 17.0 Å². The number of hydrogen-bond donors (Lipinski definition) is 2. The second-order valence-electron chi connectivity index (χ2n) is 7.27. The molecule has 0 saturated heterocycles. The van der Waals surface area contributed by atoms with E-state index in [9.17, 15) is 14.9 Å². The SMILES string of the molecule is O=C(C=Cc1ccc(Sc2ccc(Cl)cc2)c([N+](=O)[O-])c1)NCCc1c[nH]c2ccccc12. The van der Waals surface area contributed by atoms with Gasteiger partial charge in [0.05, 0.1) is 9.82 Å². The second kappa shape index (κ2) is 10.4. The van der Waals surface area contributed by atoms with E-state index in [-0.39, 0.29) is 11.6 Å². The van der Waals surface area contributed by atoms with E-state index in [1.807, 2.05) is 42.6 Å². The summed E-state index contributed by atoms with van der Waals surface area (Å²) in [6.07, 6.45) is 5.62. The van der Waals surface area contributed by atoms with Crippen LogP contribution in [0, 0.1) is 10.1 Å². The van der Waals surface area contributed by atoms with E-state index < -0.39 is 4.92 Å². The van der Waals surface area contributed by atoms with Gasteiger partial charge in [0.2, 0.25) is 5.91 Å². The fraction of sp³-hybridized carbons (Fsp3) is 0.0800.